The summed E-state index contributed by atoms with van der Waals surface area (Å²) in [5.41, 5.74) is 2.33. The molecule has 5 heteroatoms. The molecule has 2 aromatic rings. The van der Waals surface area contributed by atoms with Gasteiger partial charge in [-0.05, 0) is 37.3 Å². The van der Waals surface area contributed by atoms with Gasteiger partial charge in [0.1, 0.15) is 0 Å². The lowest BCUT2D eigenvalue weighted by Crippen LogP contribution is -2.05. The van der Waals surface area contributed by atoms with Crippen LogP contribution in [-0.2, 0) is 11.3 Å². The Kier molecular flexibility index (Phi) is 5.15. The number of nitrogens with zero attached hydrogens (tertiary/aromatic N) is 1. The van der Waals surface area contributed by atoms with Crippen molar-refractivity contribution in [2.75, 3.05) is 19.0 Å². The largest absolute Gasteiger partial charge is 0.481 e. The van der Waals surface area contributed by atoms with Gasteiger partial charge in [-0.25, -0.2) is 9.78 Å². The van der Waals surface area contributed by atoms with Gasteiger partial charge in [0, 0.05) is 11.8 Å². The fourth-order valence-electron chi connectivity index (χ4n) is 1.80. The van der Waals surface area contributed by atoms with Crippen molar-refractivity contribution in [1.82, 2.24) is 4.98 Å². The van der Waals surface area contributed by atoms with Gasteiger partial charge in [0.05, 0.1) is 31.5 Å². The highest BCUT2D eigenvalue weighted by atomic mass is 16.5. The number of benzene rings is 1. The summed E-state index contributed by atoms with van der Waals surface area (Å²) in [6, 6.07) is 12.8. The van der Waals surface area contributed by atoms with E-state index in [9.17, 15) is 4.79 Å². The Morgan fingerprint density at radius 1 is 1.19 bits per heavy atom. The molecule has 2 rings (SSSR count). The van der Waals surface area contributed by atoms with Crippen molar-refractivity contribution in [3.05, 3.63) is 53.7 Å². The molecule has 5 nitrogen and oxygen atoms in total. The molecule has 0 unspecified atom stereocenters. The number of aromatic nitrogens is 1. The molecule has 0 aliphatic carbocycles. The van der Waals surface area contributed by atoms with Crippen LogP contribution in [0.5, 0.6) is 5.88 Å². The zero-order valence-electron chi connectivity index (χ0n) is 12.1. The Balaban J connectivity index is 1.95. The summed E-state index contributed by atoms with van der Waals surface area (Å²) in [7, 11) is 1.59. The Morgan fingerprint density at radius 2 is 1.95 bits per heavy atom. The second-order valence-corrected chi connectivity index (χ2v) is 4.32. The highest BCUT2D eigenvalue weighted by molar-refractivity contribution is 5.89. The first kappa shape index (κ1) is 14.8. The average molecular weight is 286 g/mol. The fraction of sp³-hybridized carbons (Fsp3) is 0.250. The smallest absolute Gasteiger partial charge is 0.338 e. The maximum Gasteiger partial charge on any atom is 0.338 e. The molecule has 1 aromatic carbocycles. The molecule has 1 N–H and O–H groups in total. The van der Waals surface area contributed by atoms with Gasteiger partial charge in [-0.3, -0.25) is 0 Å². The predicted octanol–water partition coefficient (Wildman–Crippen LogP) is 2.88. The van der Waals surface area contributed by atoms with Crippen LogP contribution in [0, 0.1) is 0 Å². The van der Waals surface area contributed by atoms with Gasteiger partial charge >= 0.3 is 5.97 Å². The first-order valence-corrected chi connectivity index (χ1v) is 6.74. The Labute approximate surface area is 123 Å². The van der Waals surface area contributed by atoms with Crippen LogP contribution in [0.15, 0.2) is 42.5 Å². The minimum absolute atomic E-state index is 0.307. The van der Waals surface area contributed by atoms with Crippen LogP contribution in [0.3, 0.4) is 0 Å². The van der Waals surface area contributed by atoms with Gasteiger partial charge in [-0.2, -0.15) is 0 Å². The topological polar surface area (TPSA) is 60.5 Å². The second kappa shape index (κ2) is 7.28. The van der Waals surface area contributed by atoms with Crippen molar-refractivity contribution in [2.45, 2.75) is 13.5 Å². The van der Waals surface area contributed by atoms with Gasteiger partial charge < -0.3 is 14.8 Å². The molecular formula is C16H18N2O3. The van der Waals surface area contributed by atoms with Crippen molar-refractivity contribution in [3.63, 3.8) is 0 Å². The lowest BCUT2D eigenvalue weighted by molar-refractivity contribution is 0.0526. The van der Waals surface area contributed by atoms with Crippen LogP contribution in [0.4, 0.5) is 5.69 Å². The van der Waals surface area contributed by atoms with E-state index in [1.807, 2.05) is 24.3 Å². The highest BCUT2D eigenvalue weighted by Crippen LogP contribution is 2.13. The normalized spacial score (nSPS) is 10.0. The Hall–Kier alpha value is -2.56. The fourth-order valence-corrected chi connectivity index (χ4v) is 1.80. The molecule has 0 saturated carbocycles. The highest BCUT2D eigenvalue weighted by Gasteiger charge is 2.05. The number of carbonyl (C=O) groups excluding carboxylic acids is 1. The number of anilines is 1. The molecule has 0 radical (unpaired) electrons. The molecule has 0 fully saturated rings. The van der Waals surface area contributed by atoms with Crippen LogP contribution in [-0.4, -0.2) is 24.7 Å². The molecule has 1 aromatic heterocycles. The number of hydrogen-bond acceptors (Lipinski definition) is 5. The van der Waals surface area contributed by atoms with Crippen LogP contribution in [0.1, 0.15) is 23.0 Å². The number of esters is 1. The number of pyridine rings is 1. The molecule has 0 atom stereocenters. The molecular weight excluding hydrogens is 268 g/mol. The Morgan fingerprint density at radius 3 is 2.62 bits per heavy atom. The standard InChI is InChI=1S/C16H18N2O3/c1-3-21-16(19)12-7-9-13(10-8-12)17-11-14-5-4-6-15(18-14)20-2/h4-10,17H,3,11H2,1-2H3. The van der Waals surface area contributed by atoms with Crippen molar-refractivity contribution in [1.29, 1.82) is 0 Å². The van der Waals surface area contributed by atoms with Gasteiger partial charge in [-0.1, -0.05) is 6.07 Å². The van der Waals surface area contributed by atoms with Crippen LogP contribution in [0.25, 0.3) is 0 Å². The summed E-state index contributed by atoms with van der Waals surface area (Å²) >= 11 is 0. The molecule has 0 bridgehead atoms. The number of hydrogen-bond donors (Lipinski definition) is 1. The van der Waals surface area contributed by atoms with Gasteiger partial charge in [0.15, 0.2) is 0 Å². The summed E-state index contributed by atoms with van der Waals surface area (Å²) in [4.78, 5) is 15.9. The molecule has 21 heavy (non-hydrogen) atoms. The van der Waals surface area contributed by atoms with Crippen molar-refractivity contribution >= 4 is 11.7 Å². The van der Waals surface area contributed by atoms with Crippen molar-refractivity contribution < 1.29 is 14.3 Å². The number of ether oxygens (including phenoxy) is 2. The molecule has 1 heterocycles. The van der Waals surface area contributed by atoms with E-state index >= 15 is 0 Å². The summed E-state index contributed by atoms with van der Waals surface area (Å²) in [5, 5.41) is 3.24. The van der Waals surface area contributed by atoms with Crippen LogP contribution >= 0.6 is 0 Å². The number of rotatable bonds is 6. The van der Waals surface area contributed by atoms with E-state index in [0.29, 0.717) is 24.6 Å². The third-order valence-electron chi connectivity index (χ3n) is 2.86. The van der Waals surface area contributed by atoms with Crippen LogP contribution in [0.2, 0.25) is 0 Å². The number of nitrogens with one attached hydrogen (secondary N) is 1. The third kappa shape index (κ3) is 4.21. The molecule has 0 spiro atoms. The maximum absolute atomic E-state index is 11.5. The first-order chi connectivity index (χ1) is 10.2. The van der Waals surface area contributed by atoms with Gasteiger partial charge in [0.2, 0.25) is 5.88 Å². The van der Waals surface area contributed by atoms with Crippen molar-refractivity contribution in [3.8, 4) is 5.88 Å². The molecule has 0 aliphatic heterocycles. The van der Waals surface area contributed by atoms with E-state index in [2.05, 4.69) is 10.3 Å². The zero-order chi connectivity index (χ0) is 15.1. The maximum atomic E-state index is 11.5. The summed E-state index contributed by atoms with van der Waals surface area (Å²) in [5.74, 6) is 0.283. The van der Waals surface area contributed by atoms with Crippen molar-refractivity contribution in [2.24, 2.45) is 0 Å². The summed E-state index contributed by atoms with van der Waals surface area (Å²) in [6.45, 7) is 2.74. The van der Waals surface area contributed by atoms with Gasteiger partial charge in [0.25, 0.3) is 0 Å². The number of carbonyl (C=O) groups is 1. The summed E-state index contributed by atoms with van der Waals surface area (Å²) < 4.78 is 10.0. The van der Waals surface area contributed by atoms with E-state index in [0.717, 1.165) is 11.4 Å². The lowest BCUT2D eigenvalue weighted by Gasteiger charge is -2.08. The molecule has 0 saturated heterocycles. The second-order valence-electron chi connectivity index (χ2n) is 4.32. The molecule has 0 amide bonds. The minimum Gasteiger partial charge on any atom is -0.481 e. The number of methoxy groups -OCH3 is 1. The third-order valence-corrected chi connectivity index (χ3v) is 2.86. The van der Waals surface area contributed by atoms with E-state index in [-0.39, 0.29) is 5.97 Å². The Bertz CT molecular complexity index is 597. The SMILES string of the molecule is CCOC(=O)c1ccc(NCc2cccc(OC)n2)cc1. The lowest BCUT2D eigenvalue weighted by atomic mass is 10.2. The van der Waals surface area contributed by atoms with E-state index in [4.69, 9.17) is 9.47 Å². The van der Waals surface area contributed by atoms with E-state index < -0.39 is 0 Å². The zero-order valence-corrected chi connectivity index (χ0v) is 12.1. The predicted molar refractivity (Wildman–Crippen MR) is 80.5 cm³/mol. The first-order valence-electron chi connectivity index (χ1n) is 6.74. The summed E-state index contributed by atoms with van der Waals surface area (Å²) in [6.07, 6.45) is 0. The average Bonchev–Trinajstić information content (AvgIpc) is 2.54. The van der Waals surface area contributed by atoms with Gasteiger partial charge in [-0.15, -0.1) is 0 Å². The van der Waals surface area contributed by atoms with Crippen LogP contribution < -0.4 is 10.1 Å². The molecule has 0 aliphatic rings. The van der Waals surface area contributed by atoms with E-state index in [1.165, 1.54) is 0 Å². The minimum atomic E-state index is -0.307. The molecule has 110 valence electrons. The van der Waals surface area contributed by atoms with E-state index in [1.54, 1.807) is 32.2 Å². The quantitative estimate of drug-likeness (QED) is 0.827. The monoisotopic (exact) mass is 286 g/mol.